The molecule has 0 bridgehead atoms. The first-order chi connectivity index (χ1) is 8.11. The van der Waals surface area contributed by atoms with E-state index in [0.717, 1.165) is 4.90 Å². The Morgan fingerprint density at radius 2 is 1.94 bits per heavy atom. The van der Waals surface area contributed by atoms with Crippen LogP contribution in [0, 0.1) is 0 Å². The summed E-state index contributed by atoms with van der Waals surface area (Å²) in [6.45, 7) is 6.81. The number of amides is 1. The summed E-state index contributed by atoms with van der Waals surface area (Å²) in [4.78, 5) is 24.6. The van der Waals surface area contributed by atoms with Crippen LogP contribution in [0.15, 0.2) is 0 Å². The SMILES string of the molecule is CC(O)[C@@]1(C(=O)O)CCCN1C(=O)OC(C)(C)C. The Labute approximate surface area is 107 Å². The van der Waals surface area contributed by atoms with Crippen LogP contribution in [0.1, 0.15) is 40.5 Å². The molecular weight excluding hydrogens is 238 g/mol. The van der Waals surface area contributed by atoms with Gasteiger partial charge < -0.3 is 14.9 Å². The molecule has 18 heavy (non-hydrogen) atoms. The number of likely N-dealkylation sites (tertiary alicyclic amines) is 1. The first-order valence-corrected chi connectivity index (χ1v) is 6.03. The maximum atomic E-state index is 12.0. The minimum absolute atomic E-state index is 0.235. The van der Waals surface area contributed by atoms with Crippen LogP contribution in [-0.2, 0) is 9.53 Å². The van der Waals surface area contributed by atoms with Crippen LogP contribution in [0.5, 0.6) is 0 Å². The largest absolute Gasteiger partial charge is 0.479 e. The van der Waals surface area contributed by atoms with Crippen molar-refractivity contribution in [1.82, 2.24) is 4.90 Å². The number of carboxylic acids is 1. The van der Waals surface area contributed by atoms with Crippen LogP contribution in [0.2, 0.25) is 0 Å². The Bertz CT molecular complexity index is 347. The Morgan fingerprint density at radius 1 is 1.39 bits per heavy atom. The van der Waals surface area contributed by atoms with Crippen molar-refractivity contribution < 1.29 is 24.5 Å². The highest BCUT2D eigenvalue weighted by atomic mass is 16.6. The molecule has 104 valence electrons. The van der Waals surface area contributed by atoms with Crippen LogP contribution in [0.3, 0.4) is 0 Å². The predicted molar refractivity (Wildman–Crippen MR) is 64.2 cm³/mol. The molecule has 6 nitrogen and oxygen atoms in total. The van der Waals surface area contributed by atoms with Crippen molar-refractivity contribution >= 4 is 12.1 Å². The third-order valence-electron chi connectivity index (χ3n) is 3.10. The third-order valence-corrected chi connectivity index (χ3v) is 3.10. The molecule has 0 aromatic heterocycles. The number of carboxylic acid groups (broad SMARTS) is 1. The summed E-state index contributed by atoms with van der Waals surface area (Å²) >= 11 is 0. The van der Waals surface area contributed by atoms with E-state index in [-0.39, 0.29) is 13.0 Å². The zero-order chi connectivity index (χ0) is 14.1. The summed E-state index contributed by atoms with van der Waals surface area (Å²) in [7, 11) is 0. The van der Waals surface area contributed by atoms with Gasteiger partial charge in [-0.1, -0.05) is 0 Å². The standard InChI is InChI=1S/C12H21NO5/c1-8(14)12(9(15)16)6-5-7-13(12)10(17)18-11(2,3)4/h8,14H,5-7H2,1-4H3,(H,15,16)/t8?,12-/m1/s1. The number of aliphatic hydroxyl groups excluding tert-OH is 1. The normalized spacial score (nSPS) is 25.9. The van der Waals surface area contributed by atoms with Gasteiger partial charge in [0.2, 0.25) is 0 Å². The monoisotopic (exact) mass is 259 g/mol. The number of rotatable bonds is 2. The maximum Gasteiger partial charge on any atom is 0.411 e. The van der Waals surface area contributed by atoms with E-state index in [2.05, 4.69) is 0 Å². The van der Waals surface area contributed by atoms with Gasteiger partial charge in [-0.15, -0.1) is 0 Å². The minimum Gasteiger partial charge on any atom is -0.479 e. The second-order valence-corrected chi connectivity index (χ2v) is 5.64. The lowest BCUT2D eigenvalue weighted by molar-refractivity contribution is -0.156. The molecule has 0 aromatic carbocycles. The third kappa shape index (κ3) is 2.58. The lowest BCUT2D eigenvalue weighted by atomic mass is 9.90. The van der Waals surface area contributed by atoms with E-state index < -0.39 is 29.3 Å². The highest BCUT2D eigenvalue weighted by Gasteiger charge is 2.54. The number of hydrogen-bond acceptors (Lipinski definition) is 4. The second-order valence-electron chi connectivity index (χ2n) is 5.64. The van der Waals surface area contributed by atoms with E-state index in [1.807, 2.05) is 0 Å². The average molecular weight is 259 g/mol. The lowest BCUT2D eigenvalue weighted by Crippen LogP contribution is -2.60. The molecule has 1 aliphatic heterocycles. The average Bonchev–Trinajstić information content (AvgIpc) is 2.59. The molecule has 0 saturated carbocycles. The van der Waals surface area contributed by atoms with Crippen LogP contribution in [0.25, 0.3) is 0 Å². The van der Waals surface area contributed by atoms with Gasteiger partial charge in [0.1, 0.15) is 5.60 Å². The van der Waals surface area contributed by atoms with Gasteiger partial charge in [-0.05, 0) is 40.5 Å². The predicted octanol–water partition coefficient (Wildman–Crippen LogP) is 1.22. The van der Waals surface area contributed by atoms with Gasteiger partial charge in [-0.3, -0.25) is 4.90 Å². The summed E-state index contributed by atoms with van der Waals surface area (Å²) < 4.78 is 5.19. The van der Waals surface area contributed by atoms with Crippen LogP contribution >= 0.6 is 0 Å². The van der Waals surface area contributed by atoms with E-state index >= 15 is 0 Å². The summed E-state index contributed by atoms with van der Waals surface area (Å²) in [5.74, 6) is -1.19. The van der Waals surface area contributed by atoms with Gasteiger partial charge in [0.15, 0.2) is 5.54 Å². The molecular formula is C12H21NO5. The van der Waals surface area contributed by atoms with Crippen LogP contribution in [0.4, 0.5) is 4.79 Å². The number of carbonyl (C=O) groups excluding carboxylic acids is 1. The molecule has 1 aliphatic rings. The summed E-state index contributed by atoms with van der Waals surface area (Å²) in [5.41, 5.74) is -2.26. The van der Waals surface area contributed by atoms with Gasteiger partial charge in [0.05, 0.1) is 6.10 Å². The zero-order valence-corrected chi connectivity index (χ0v) is 11.3. The van der Waals surface area contributed by atoms with Crippen LogP contribution < -0.4 is 0 Å². The van der Waals surface area contributed by atoms with Crippen molar-refractivity contribution in [2.24, 2.45) is 0 Å². The van der Waals surface area contributed by atoms with Crippen molar-refractivity contribution in [2.75, 3.05) is 6.54 Å². The fraction of sp³-hybridized carbons (Fsp3) is 0.833. The summed E-state index contributed by atoms with van der Waals surface area (Å²) in [6.07, 6.45) is -1.07. The number of aliphatic hydroxyl groups is 1. The minimum atomic E-state index is -1.57. The summed E-state index contributed by atoms with van der Waals surface area (Å²) in [6, 6.07) is 0. The van der Waals surface area contributed by atoms with Crippen LogP contribution in [-0.4, -0.2) is 51.0 Å². The zero-order valence-electron chi connectivity index (χ0n) is 11.3. The van der Waals surface area contributed by atoms with Crippen molar-refractivity contribution in [3.8, 4) is 0 Å². The fourth-order valence-corrected chi connectivity index (χ4v) is 2.25. The van der Waals surface area contributed by atoms with Crippen molar-refractivity contribution in [3.63, 3.8) is 0 Å². The number of ether oxygens (including phenoxy) is 1. The van der Waals surface area contributed by atoms with Gasteiger partial charge in [0.25, 0.3) is 0 Å². The van der Waals surface area contributed by atoms with E-state index in [1.165, 1.54) is 6.92 Å². The highest BCUT2D eigenvalue weighted by molar-refractivity contribution is 5.86. The smallest absolute Gasteiger partial charge is 0.411 e. The fourth-order valence-electron chi connectivity index (χ4n) is 2.25. The van der Waals surface area contributed by atoms with Gasteiger partial charge in [-0.2, -0.15) is 0 Å². The number of aliphatic carboxylic acids is 1. The number of hydrogen-bond donors (Lipinski definition) is 2. The Morgan fingerprint density at radius 3 is 2.33 bits per heavy atom. The van der Waals surface area contributed by atoms with Crippen molar-refractivity contribution in [1.29, 1.82) is 0 Å². The van der Waals surface area contributed by atoms with E-state index in [4.69, 9.17) is 4.74 Å². The van der Waals surface area contributed by atoms with Gasteiger partial charge >= 0.3 is 12.1 Å². The molecule has 1 rings (SSSR count). The van der Waals surface area contributed by atoms with E-state index in [1.54, 1.807) is 20.8 Å². The molecule has 1 heterocycles. The van der Waals surface area contributed by atoms with Crippen molar-refractivity contribution in [3.05, 3.63) is 0 Å². The Hall–Kier alpha value is -1.30. The number of carbonyl (C=O) groups is 2. The quantitative estimate of drug-likeness (QED) is 0.778. The molecule has 2 atom stereocenters. The molecule has 0 spiro atoms. The second kappa shape index (κ2) is 4.76. The first kappa shape index (κ1) is 14.8. The molecule has 0 aliphatic carbocycles. The Balaban J connectivity index is 3.00. The summed E-state index contributed by atoms with van der Waals surface area (Å²) in [5, 5.41) is 19.1. The Kier molecular flexibility index (Phi) is 3.90. The lowest BCUT2D eigenvalue weighted by Gasteiger charge is -2.37. The first-order valence-electron chi connectivity index (χ1n) is 6.03. The van der Waals surface area contributed by atoms with Crippen molar-refractivity contribution in [2.45, 2.75) is 57.8 Å². The molecule has 1 unspecified atom stereocenters. The molecule has 1 amide bonds. The van der Waals surface area contributed by atoms with Gasteiger partial charge in [0, 0.05) is 6.54 Å². The van der Waals surface area contributed by atoms with E-state index in [9.17, 15) is 19.8 Å². The molecule has 2 N–H and O–H groups in total. The topological polar surface area (TPSA) is 87.1 Å². The molecule has 6 heteroatoms. The number of nitrogens with zero attached hydrogens (tertiary/aromatic N) is 1. The molecule has 0 aromatic rings. The van der Waals surface area contributed by atoms with Gasteiger partial charge in [-0.25, -0.2) is 9.59 Å². The highest BCUT2D eigenvalue weighted by Crippen LogP contribution is 2.34. The molecule has 1 fully saturated rings. The maximum absolute atomic E-state index is 12.0. The molecule has 1 saturated heterocycles. The van der Waals surface area contributed by atoms with E-state index in [0.29, 0.717) is 6.42 Å². The molecule has 0 radical (unpaired) electrons.